The lowest BCUT2D eigenvalue weighted by Gasteiger charge is -2.28. The van der Waals surface area contributed by atoms with Gasteiger partial charge in [0.25, 0.3) is 11.2 Å². The quantitative estimate of drug-likeness (QED) is 0.542. The maximum atomic E-state index is 11.2. The number of aliphatic hydroxyl groups is 1. The van der Waals surface area contributed by atoms with Gasteiger partial charge in [-0.15, -0.1) is 0 Å². The maximum absolute atomic E-state index is 11.2. The van der Waals surface area contributed by atoms with Gasteiger partial charge in [0.2, 0.25) is 0 Å². The van der Waals surface area contributed by atoms with E-state index < -0.39 is 45.1 Å². The van der Waals surface area contributed by atoms with E-state index in [1.54, 1.807) is 0 Å². The van der Waals surface area contributed by atoms with Crippen molar-refractivity contribution < 1.29 is 24.9 Å². The number of aliphatic carboxylic acids is 1. The molecule has 2 unspecified atom stereocenters. The molecule has 0 saturated heterocycles. The molecule has 0 fully saturated rings. The summed E-state index contributed by atoms with van der Waals surface area (Å²) in [6, 6.07) is 0. The molecule has 0 bridgehead atoms. The summed E-state index contributed by atoms with van der Waals surface area (Å²) >= 11 is 0. The van der Waals surface area contributed by atoms with E-state index in [1.807, 2.05) is 0 Å². The van der Waals surface area contributed by atoms with Crippen LogP contribution < -0.4 is 0 Å². The lowest BCUT2D eigenvalue weighted by atomic mass is 9.80. The second-order valence-corrected chi connectivity index (χ2v) is 4.15. The Bertz CT molecular complexity index is 496. The van der Waals surface area contributed by atoms with Gasteiger partial charge >= 0.3 is 5.97 Å². The zero-order valence-electron chi connectivity index (χ0n) is 9.98. The highest BCUT2D eigenvalue weighted by molar-refractivity contribution is 5.87. The zero-order valence-corrected chi connectivity index (χ0v) is 9.98. The third kappa shape index (κ3) is 2.60. The minimum atomic E-state index is -2.18. The van der Waals surface area contributed by atoms with E-state index in [4.69, 9.17) is 5.11 Å². The van der Waals surface area contributed by atoms with Gasteiger partial charge in [-0.1, -0.05) is 6.92 Å². The summed E-state index contributed by atoms with van der Waals surface area (Å²) in [5.74, 6) is -1.48. The minimum absolute atomic E-state index is 0.0324. The summed E-state index contributed by atoms with van der Waals surface area (Å²) in [6.45, 7) is 1.47. The first-order valence-electron chi connectivity index (χ1n) is 5.38. The van der Waals surface area contributed by atoms with Crippen molar-refractivity contribution in [3.63, 3.8) is 0 Å². The van der Waals surface area contributed by atoms with Crippen molar-refractivity contribution in [1.29, 1.82) is 0 Å². The number of hydrogen-bond donors (Lipinski definition) is 2. The van der Waals surface area contributed by atoms with Crippen molar-refractivity contribution in [2.45, 2.75) is 31.4 Å². The molecule has 2 N–H and O–H groups in total. The average Bonchev–Trinajstić information content (AvgIpc) is 2.36. The fraction of sp³-hybridized carbons (Fsp3) is 0.500. The Morgan fingerprint density at radius 2 is 2.11 bits per heavy atom. The van der Waals surface area contributed by atoms with Crippen molar-refractivity contribution >= 4 is 5.97 Å². The van der Waals surface area contributed by atoms with Crippen molar-refractivity contribution in [2.24, 2.45) is 0 Å². The second kappa shape index (κ2) is 5.14. The molecule has 0 spiro atoms. The van der Waals surface area contributed by atoms with E-state index in [0.717, 1.165) is 6.08 Å². The summed E-state index contributed by atoms with van der Waals surface area (Å²) in [6.07, 6.45) is -0.655. The van der Waals surface area contributed by atoms with Gasteiger partial charge in [0.1, 0.15) is 6.10 Å². The lowest BCUT2D eigenvalue weighted by Crippen LogP contribution is -2.50. The standard InChI is InChI=1S/C10H12N2O7/c1-2-8(13)10(12(18)19)4-6(9(14)15)3-7(5-10)11(16)17/h3,5,8,13H,2,4H2,1H3,(H,14,15). The summed E-state index contributed by atoms with van der Waals surface area (Å²) in [7, 11) is 0. The minimum Gasteiger partial charge on any atom is -0.478 e. The van der Waals surface area contributed by atoms with Crippen molar-refractivity contribution in [1.82, 2.24) is 0 Å². The van der Waals surface area contributed by atoms with Crippen molar-refractivity contribution in [3.05, 3.63) is 43.7 Å². The molecular formula is C10H12N2O7. The van der Waals surface area contributed by atoms with Crippen LogP contribution in [0.25, 0.3) is 0 Å². The van der Waals surface area contributed by atoms with Crippen LogP contribution in [-0.4, -0.2) is 37.7 Å². The van der Waals surface area contributed by atoms with Crippen LogP contribution in [0.4, 0.5) is 0 Å². The molecule has 104 valence electrons. The van der Waals surface area contributed by atoms with Gasteiger partial charge in [0.05, 0.1) is 23.0 Å². The number of carboxylic acids is 1. The molecule has 0 heterocycles. The van der Waals surface area contributed by atoms with Gasteiger partial charge in [0, 0.05) is 11.0 Å². The molecule has 9 heteroatoms. The molecule has 1 aliphatic carbocycles. The second-order valence-electron chi connectivity index (χ2n) is 4.15. The largest absolute Gasteiger partial charge is 0.478 e. The Balaban J connectivity index is 3.42. The molecule has 0 radical (unpaired) electrons. The van der Waals surface area contributed by atoms with Gasteiger partial charge in [0.15, 0.2) is 0 Å². The number of hydrogen-bond acceptors (Lipinski definition) is 6. The first kappa shape index (κ1) is 14.8. The number of nitrogens with zero attached hydrogens (tertiary/aromatic N) is 2. The Kier molecular flexibility index (Phi) is 4.00. The third-order valence-corrected chi connectivity index (χ3v) is 2.98. The Hall–Kier alpha value is -2.29. The Morgan fingerprint density at radius 3 is 2.47 bits per heavy atom. The van der Waals surface area contributed by atoms with Crippen molar-refractivity contribution in [2.75, 3.05) is 0 Å². The predicted octanol–water partition coefficient (Wildman–Crippen LogP) is 0.348. The van der Waals surface area contributed by atoms with Crippen LogP contribution in [-0.2, 0) is 4.79 Å². The first-order chi connectivity index (χ1) is 8.74. The summed E-state index contributed by atoms with van der Waals surface area (Å²) in [5, 5.41) is 40.6. The molecular weight excluding hydrogens is 260 g/mol. The number of carbonyl (C=O) groups is 1. The van der Waals surface area contributed by atoms with E-state index in [2.05, 4.69) is 0 Å². The highest BCUT2D eigenvalue weighted by atomic mass is 16.6. The van der Waals surface area contributed by atoms with Gasteiger partial charge in [-0.3, -0.25) is 20.2 Å². The number of allylic oxidation sites excluding steroid dienone is 1. The van der Waals surface area contributed by atoms with E-state index >= 15 is 0 Å². The normalized spacial score (nSPS) is 24.1. The number of carboxylic acid groups (broad SMARTS) is 1. The predicted molar refractivity (Wildman–Crippen MR) is 61.4 cm³/mol. The fourth-order valence-corrected chi connectivity index (χ4v) is 1.93. The van der Waals surface area contributed by atoms with E-state index in [0.29, 0.717) is 6.08 Å². The maximum Gasteiger partial charge on any atom is 0.332 e. The molecule has 1 rings (SSSR count). The van der Waals surface area contributed by atoms with Crippen LogP contribution in [0.3, 0.4) is 0 Å². The van der Waals surface area contributed by atoms with Crippen LogP contribution in [0, 0.1) is 20.2 Å². The van der Waals surface area contributed by atoms with Crippen LogP contribution in [0.15, 0.2) is 23.4 Å². The molecule has 0 aliphatic heterocycles. The van der Waals surface area contributed by atoms with Crippen LogP contribution in [0.5, 0.6) is 0 Å². The monoisotopic (exact) mass is 272 g/mol. The third-order valence-electron chi connectivity index (χ3n) is 2.98. The molecule has 9 nitrogen and oxygen atoms in total. The van der Waals surface area contributed by atoms with Gasteiger partial charge in [-0.2, -0.15) is 0 Å². The SMILES string of the molecule is CCC(O)C1([N+](=O)[O-])C=C([N+](=O)[O-])C=C(C(=O)O)C1. The van der Waals surface area contributed by atoms with Gasteiger partial charge in [-0.05, 0) is 6.42 Å². The summed E-state index contributed by atoms with van der Waals surface area (Å²) in [4.78, 5) is 31.0. The van der Waals surface area contributed by atoms with Crippen LogP contribution in [0.2, 0.25) is 0 Å². The molecule has 2 atom stereocenters. The molecule has 0 aromatic carbocycles. The fourth-order valence-electron chi connectivity index (χ4n) is 1.93. The number of aliphatic hydroxyl groups excluding tert-OH is 1. The van der Waals surface area contributed by atoms with Crippen LogP contribution in [0.1, 0.15) is 19.8 Å². The number of nitro groups is 2. The van der Waals surface area contributed by atoms with Gasteiger partial charge < -0.3 is 10.2 Å². The highest BCUT2D eigenvalue weighted by Gasteiger charge is 2.52. The molecule has 0 aromatic rings. The smallest absolute Gasteiger partial charge is 0.332 e. The van der Waals surface area contributed by atoms with E-state index in [1.165, 1.54) is 6.92 Å². The zero-order chi connectivity index (χ0) is 14.8. The highest BCUT2D eigenvalue weighted by Crippen LogP contribution is 2.33. The molecule has 0 aromatic heterocycles. The van der Waals surface area contributed by atoms with Gasteiger partial charge in [-0.25, -0.2) is 4.79 Å². The molecule has 1 aliphatic rings. The first-order valence-corrected chi connectivity index (χ1v) is 5.38. The lowest BCUT2D eigenvalue weighted by molar-refractivity contribution is -0.569. The van der Waals surface area contributed by atoms with E-state index in [-0.39, 0.29) is 6.42 Å². The number of rotatable bonds is 5. The molecule has 19 heavy (non-hydrogen) atoms. The van der Waals surface area contributed by atoms with Crippen molar-refractivity contribution in [3.8, 4) is 0 Å². The average molecular weight is 272 g/mol. The summed E-state index contributed by atoms with van der Waals surface area (Å²) < 4.78 is 0. The topological polar surface area (TPSA) is 144 Å². The molecule has 0 saturated carbocycles. The summed E-state index contributed by atoms with van der Waals surface area (Å²) in [5.41, 5.74) is -3.36. The Morgan fingerprint density at radius 1 is 1.53 bits per heavy atom. The molecule has 0 amide bonds. The van der Waals surface area contributed by atoms with E-state index in [9.17, 15) is 30.1 Å². The van der Waals surface area contributed by atoms with Crippen LogP contribution >= 0.6 is 0 Å². The Labute approximate surface area is 107 Å².